The van der Waals surface area contributed by atoms with Crippen LogP contribution >= 0.6 is 23.1 Å². The molecule has 0 spiro atoms. The van der Waals surface area contributed by atoms with Gasteiger partial charge < -0.3 is 16.0 Å². The van der Waals surface area contributed by atoms with Gasteiger partial charge in [0.15, 0.2) is 0 Å². The molecule has 1 fully saturated rings. The number of fused-ring (bicyclic) bond motifs is 1. The zero-order valence-electron chi connectivity index (χ0n) is 19.6. The number of primary amides is 1. The van der Waals surface area contributed by atoms with Gasteiger partial charge in [0.1, 0.15) is 5.00 Å². The smallest absolute Gasteiger partial charge is 0.251 e. The van der Waals surface area contributed by atoms with Gasteiger partial charge in [0.25, 0.3) is 5.91 Å². The van der Waals surface area contributed by atoms with Gasteiger partial charge in [0.2, 0.25) is 21.8 Å². The van der Waals surface area contributed by atoms with Crippen LogP contribution in [0.5, 0.6) is 0 Å². The molecule has 9 nitrogen and oxygen atoms in total. The van der Waals surface area contributed by atoms with Gasteiger partial charge in [-0.2, -0.15) is 4.31 Å². The average molecular weight is 537 g/mol. The average Bonchev–Trinajstić information content (AvgIpc) is 3.21. The Hall–Kier alpha value is -2.41. The lowest BCUT2D eigenvalue weighted by atomic mass is 9.97. The Morgan fingerprint density at radius 2 is 1.83 bits per heavy atom. The molecule has 1 aromatic carbocycles. The van der Waals surface area contributed by atoms with Gasteiger partial charge in [0.05, 0.1) is 17.0 Å². The van der Waals surface area contributed by atoms with E-state index in [1.165, 1.54) is 34.3 Å². The highest BCUT2D eigenvalue weighted by atomic mass is 32.2. The van der Waals surface area contributed by atoms with E-state index in [1.54, 1.807) is 23.1 Å². The molecule has 4 rings (SSSR count). The zero-order valence-corrected chi connectivity index (χ0v) is 22.0. The molecule has 2 aromatic rings. The van der Waals surface area contributed by atoms with Crippen molar-refractivity contribution in [1.82, 2.24) is 9.21 Å². The van der Waals surface area contributed by atoms with E-state index < -0.39 is 15.9 Å². The number of nitrogens with one attached hydrogen (secondary N) is 1. The van der Waals surface area contributed by atoms with Gasteiger partial charge in [-0.3, -0.25) is 14.4 Å². The van der Waals surface area contributed by atoms with Crippen LogP contribution in [0.3, 0.4) is 0 Å². The third-order valence-electron chi connectivity index (χ3n) is 6.50. The highest BCUT2D eigenvalue weighted by Crippen LogP contribution is 2.38. The fourth-order valence-electron chi connectivity index (χ4n) is 4.56. The molecule has 0 bridgehead atoms. The van der Waals surface area contributed by atoms with Crippen molar-refractivity contribution in [2.24, 2.45) is 11.7 Å². The second kappa shape index (κ2) is 10.3. The number of hydrogen-bond acceptors (Lipinski definition) is 7. The van der Waals surface area contributed by atoms with Gasteiger partial charge in [-0.1, -0.05) is 12.1 Å². The summed E-state index contributed by atoms with van der Waals surface area (Å²) in [6.45, 7) is 2.86. The number of rotatable bonds is 6. The largest absolute Gasteiger partial charge is 0.365 e. The first-order chi connectivity index (χ1) is 16.6. The van der Waals surface area contributed by atoms with Gasteiger partial charge >= 0.3 is 0 Å². The van der Waals surface area contributed by atoms with Gasteiger partial charge in [-0.05, 0) is 43.2 Å². The predicted molar refractivity (Wildman–Crippen MR) is 136 cm³/mol. The van der Waals surface area contributed by atoms with Crippen LogP contribution in [0.1, 0.15) is 40.6 Å². The van der Waals surface area contributed by atoms with E-state index in [0.717, 1.165) is 10.4 Å². The van der Waals surface area contributed by atoms with Gasteiger partial charge in [-0.15, -0.1) is 23.1 Å². The minimum atomic E-state index is -3.66. The number of nitrogens with zero attached hydrogens (tertiary/aromatic N) is 2. The molecule has 2 aliphatic heterocycles. The summed E-state index contributed by atoms with van der Waals surface area (Å²) < 4.78 is 27.8. The first-order valence-corrected chi connectivity index (χ1v) is 14.8. The molecule has 188 valence electrons. The second-order valence-electron chi connectivity index (χ2n) is 8.58. The maximum atomic E-state index is 13.2. The normalized spacial score (nSPS) is 17.1. The lowest BCUT2D eigenvalue weighted by molar-refractivity contribution is -0.129. The molecule has 0 aliphatic carbocycles. The third-order valence-corrected chi connectivity index (χ3v) is 10.5. The molecule has 2 aliphatic rings. The first kappa shape index (κ1) is 25.7. The highest BCUT2D eigenvalue weighted by Gasteiger charge is 2.34. The van der Waals surface area contributed by atoms with Gasteiger partial charge in [-0.25, -0.2) is 8.42 Å². The molecule has 3 N–H and O–H groups in total. The highest BCUT2D eigenvalue weighted by molar-refractivity contribution is 7.99. The van der Waals surface area contributed by atoms with Crippen LogP contribution in [0, 0.1) is 5.92 Å². The topological polar surface area (TPSA) is 130 Å². The minimum absolute atomic E-state index is 0.0443. The van der Waals surface area contributed by atoms with Crippen LogP contribution in [0.25, 0.3) is 0 Å². The van der Waals surface area contributed by atoms with Crippen LogP contribution in [-0.4, -0.2) is 61.2 Å². The van der Waals surface area contributed by atoms with Crippen LogP contribution < -0.4 is 11.1 Å². The molecular formula is C23H28N4O5S3. The molecule has 3 amide bonds. The monoisotopic (exact) mass is 536 g/mol. The van der Waals surface area contributed by atoms with E-state index in [0.29, 0.717) is 47.8 Å². The number of benzene rings is 1. The zero-order chi connectivity index (χ0) is 25.3. The summed E-state index contributed by atoms with van der Waals surface area (Å²) >= 11 is 2.66. The summed E-state index contributed by atoms with van der Waals surface area (Å²) in [4.78, 5) is 40.5. The van der Waals surface area contributed by atoms with Crippen molar-refractivity contribution >= 4 is 55.8 Å². The molecule has 0 unspecified atom stereocenters. The predicted octanol–water partition coefficient (Wildman–Crippen LogP) is 2.51. The van der Waals surface area contributed by atoms with Crippen LogP contribution in [-0.2, 0) is 32.6 Å². The van der Waals surface area contributed by atoms with Crippen LogP contribution in [0.2, 0.25) is 0 Å². The van der Waals surface area contributed by atoms with E-state index in [-0.39, 0.29) is 35.7 Å². The second-order valence-corrected chi connectivity index (χ2v) is 12.4. The van der Waals surface area contributed by atoms with Crippen molar-refractivity contribution in [2.45, 2.75) is 42.5 Å². The maximum Gasteiger partial charge on any atom is 0.251 e. The molecule has 0 radical (unpaired) electrons. The third kappa shape index (κ3) is 5.11. The number of thiophene rings is 1. The van der Waals surface area contributed by atoms with Crippen molar-refractivity contribution < 1.29 is 22.8 Å². The molecule has 3 heterocycles. The Morgan fingerprint density at radius 1 is 1.14 bits per heavy atom. The first-order valence-electron chi connectivity index (χ1n) is 11.3. The van der Waals surface area contributed by atoms with Crippen molar-refractivity contribution in [3.8, 4) is 0 Å². The molecule has 12 heteroatoms. The lowest BCUT2D eigenvalue weighted by Crippen LogP contribution is -2.41. The van der Waals surface area contributed by atoms with E-state index in [9.17, 15) is 22.8 Å². The number of nitrogens with two attached hydrogens (primary N) is 1. The van der Waals surface area contributed by atoms with E-state index >= 15 is 0 Å². The SMILES string of the molecule is CSc1ccccc1S(=O)(=O)N1CCC(C(=O)Nc2sc3c(c2C(N)=O)CCN(C(C)=O)C3)CC1. The van der Waals surface area contributed by atoms with E-state index in [2.05, 4.69) is 5.32 Å². The molecule has 1 saturated heterocycles. The fraction of sp³-hybridized carbons (Fsp3) is 0.435. The number of hydrogen-bond donors (Lipinski definition) is 2. The minimum Gasteiger partial charge on any atom is -0.365 e. The standard InChI is InChI=1S/C23H28N4O5S3/c1-14(28)26-10-9-16-18(13-26)34-23(20(16)21(24)29)25-22(30)15-7-11-27(12-8-15)35(31,32)19-6-4-3-5-17(19)33-2/h3-6,15H,7-13H2,1-2H3,(H2,24,29)(H,25,30). The van der Waals surface area contributed by atoms with Crippen molar-refractivity contribution in [3.05, 3.63) is 40.3 Å². The summed E-state index contributed by atoms with van der Waals surface area (Å²) in [6.07, 6.45) is 3.10. The Balaban J connectivity index is 1.45. The Bertz CT molecular complexity index is 1270. The number of thioether (sulfide) groups is 1. The summed E-state index contributed by atoms with van der Waals surface area (Å²) in [6, 6.07) is 6.91. The molecule has 0 atom stereocenters. The molecular weight excluding hydrogens is 508 g/mol. The lowest BCUT2D eigenvalue weighted by Gasteiger charge is -2.31. The maximum absolute atomic E-state index is 13.2. The summed E-state index contributed by atoms with van der Waals surface area (Å²) in [5, 5.41) is 3.27. The Kier molecular flexibility index (Phi) is 7.55. The van der Waals surface area contributed by atoms with Crippen molar-refractivity contribution in [1.29, 1.82) is 0 Å². The fourth-order valence-corrected chi connectivity index (χ4v) is 8.43. The molecule has 0 saturated carbocycles. The number of piperidine rings is 1. The Labute approximate surface area is 213 Å². The van der Waals surface area contributed by atoms with Crippen molar-refractivity contribution in [3.63, 3.8) is 0 Å². The van der Waals surface area contributed by atoms with Crippen LogP contribution in [0.15, 0.2) is 34.1 Å². The van der Waals surface area contributed by atoms with Crippen molar-refractivity contribution in [2.75, 3.05) is 31.2 Å². The number of amides is 3. The number of sulfonamides is 1. The Morgan fingerprint density at radius 3 is 2.46 bits per heavy atom. The van der Waals surface area contributed by atoms with Crippen LogP contribution in [0.4, 0.5) is 5.00 Å². The quantitative estimate of drug-likeness (QED) is 0.546. The summed E-state index contributed by atoms with van der Waals surface area (Å²) in [5.41, 5.74) is 6.75. The summed E-state index contributed by atoms with van der Waals surface area (Å²) in [7, 11) is -3.66. The number of carbonyl (C=O) groups is 3. The summed E-state index contributed by atoms with van der Waals surface area (Å²) in [5.74, 6) is -1.29. The van der Waals surface area contributed by atoms with E-state index in [4.69, 9.17) is 5.73 Å². The number of carbonyl (C=O) groups excluding carboxylic acids is 3. The van der Waals surface area contributed by atoms with E-state index in [1.807, 2.05) is 12.3 Å². The van der Waals surface area contributed by atoms with Gasteiger partial charge in [0, 0.05) is 42.2 Å². The molecule has 35 heavy (non-hydrogen) atoms. The number of anilines is 1. The molecule has 1 aromatic heterocycles.